The molecule has 130 valence electrons. The van der Waals surface area contributed by atoms with Gasteiger partial charge in [0, 0.05) is 29.9 Å². The topological polar surface area (TPSA) is 49.4 Å². The maximum absolute atomic E-state index is 12.5. The summed E-state index contributed by atoms with van der Waals surface area (Å²) in [7, 11) is 0. The van der Waals surface area contributed by atoms with Crippen LogP contribution in [0.2, 0.25) is 0 Å². The average Bonchev–Trinajstić information content (AvgIpc) is 2.65. The van der Waals surface area contributed by atoms with Crippen molar-refractivity contribution in [2.75, 3.05) is 18.4 Å². The molecule has 1 aliphatic heterocycles. The molecule has 3 rings (SSSR count). The van der Waals surface area contributed by atoms with Crippen LogP contribution < -0.4 is 5.32 Å². The van der Waals surface area contributed by atoms with Crippen LogP contribution in [0.5, 0.6) is 0 Å². The smallest absolute Gasteiger partial charge is 0.255 e. The highest BCUT2D eigenvalue weighted by Crippen LogP contribution is 2.17. The fraction of sp³-hybridized carbons (Fsp3) is 0.333. The summed E-state index contributed by atoms with van der Waals surface area (Å²) in [5, 5.41) is 2.90. The standard InChI is InChI=1S/C21H24N2O2/c1-15-6-11-19(14-16(15)2)22-20(24)17-7-9-18(10-8-17)21(25)23-12-4-3-5-13-23/h6-11,14H,3-5,12-13H2,1-2H3,(H,22,24). The molecule has 1 heterocycles. The Morgan fingerprint density at radius 1 is 0.840 bits per heavy atom. The molecule has 0 saturated carbocycles. The Labute approximate surface area is 148 Å². The molecule has 25 heavy (non-hydrogen) atoms. The highest BCUT2D eigenvalue weighted by atomic mass is 16.2. The molecule has 0 aromatic heterocycles. The third kappa shape index (κ3) is 4.08. The lowest BCUT2D eigenvalue weighted by molar-refractivity contribution is 0.0724. The first-order chi connectivity index (χ1) is 12.0. The molecule has 1 N–H and O–H groups in total. The van der Waals surface area contributed by atoms with E-state index in [1.807, 2.05) is 36.9 Å². The van der Waals surface area contributed by atoms with Crippen molar-refractivity contribution in [1.29, 1.82) is 0 Å². The van der Waals surface area contributed by atoms with E-state index in [-0.39, 0.29) is 11.8 Å². The van der Waals surface area contributed by atoms with E-state index in [0.29, 0.717) is 11.1 Å². The molecule has 4 heteroatoms. The van der Waals surface area contributed by atoms with Crippen LogP contribution in [0.3, 0.4) is 0 Å². The molecule has 0 radical (unpaired) electrons. The molecule has 1 aliphatic rings. The molecular weight excluding hydrogens is 312 g/mol. The monoisotopic (exact) mass is 336 g/mol. The Kier molecular flexibility index (Phi) is 5.17. The van der Waals surface area contributed by atoms with E-state index in [9.17, 15) is 9.59 Å². The number of aryl methyl sites for hydroxylation is 2. The lowest BCUT2D eigenvalue weighted by atomic mass is 10.1. The summed E-state index contributed by atoms with van der Waals surface area (Å²) in [5.74, 6) is -0.110. The Balaban J connectivity index is 1.67. The van der Waals surface area contributed by atoms with Gasteiger partial charge in [0.25, 0.3) is 11.8 Å². The Morgan fingerprint density at radius 2 is 1.48 bits per heavy atom. The fourth-order valence-electron chi connectivity index (χ4n) is 3.07. The van der Waals surface area contributed by atoms with Crippen molar-refractivity contribution < 1.29 is 9.59 Å². The molecule has 0 aliphatic carbocycles. The number of nitrogens with zero attached hydrogens (tertiary/aromatic N) is 1. The second-order valence-corrected chi connectivity index (χ2v) is 6.68. The van der Waals surface area contributed by atoms with Crippen molar-refractivity contribution in [3.63, 3.8) is 0 Å². The van der Waals surface area contributed by atoms with Crippen molar-refractivity contribution in [2.24, 2.45) is 0 Å². The van der Waals surface area contributed by atoms with Crippen LogP contribution >= 0.6 is 0 Å². The lowest BCUT2D eigenvalue weighted by Gasteiger charge is -2.26. The van der Waals surface area contributed by atoms with Gasteiger partial charge < -0.3 is 10.2 Å². The summed E-state index contributed by atoms with van der Waals surface area (Å²) < 4.78 is 0. The minimum absolute atomic E-state index is 0.0563. The number of benzene rings is 2. The van der Waals surface area contributed by atoms with E-state index in [1.165, 1.54) is 12.0 Å². The summed E-state index contributed by atoms with van der Waals surface area (Å²) in [6, 6.07) is 12.8. The van der Waals surface area contributed by atoms with E-state index < -0.39 is 0 Å². The first kappa shape index (κ1) is 17.2. The average molecular weight is 336 g/mol. The summed E-state index contributed by atoms with van der Waals surface area (Å²) in [4.78, 5) is 26.7. The van der Waals surface area contributed by atoms with E-state index in [0.717, 1.165) is 37.2 Å². The lowest BCUT2D eigenvalue weighted by Crippen LogP contribution is -2.35. The van der Waals surface area contributed by atoms with Crippen molar-refractivity contribution in [3.8, 4) is 0 Å². The molecule has 2 aromatic rings. The number of piperidine rings is 1. The fourth-order valence-corrected chi connectivity index (χ4v) is 3.07. The SMILES string of the molecule is Cc1ccc(NC(=O)c2ccc(C(=O)N3CCCCC3)cc2)cc1C. The number of hydrogen-bond donors (Lipinski definition) is 1. The summed E-state index contributed by atoms with van der Waals surface area (Å²) in [5.41, 5.74) is 4.30. The third-order valence-corrected chi connectivity index (χ3v) is 4.80. The maximum atomic E-state index is 12.5. The number of nitrogens with one attached hydrogen (secondary N) is 1. The van der Waals surface area contributed by atoms with Crippen LogP contribution in [0.1, 0.15) is 51.1 Å². The molecule has 1 saturated heterocycles. The molecule has 2 aromatic carbocycles. The van der Waals surface area contributed by atoms with Crippen molar-refractivity contribution in [3.05, 3.63) is 64.7 Å². The molecule has 2 amide bonds. The number of hydrogen-bond acceptors (Lipinski definition) is 2. The van der Waals surface area contributed by atoms with Gasteiger partial charge in [0.05, 0.1) is 0 Å². The van der Waals surface area contributed by atoms with Gasteiger partial charge in [-0.1, -0.05) is 6.07 Å². The third-order valence-electron chi connectivity index (χ3n) is 4.80. The molecule has 1 fully saturated rings. The van der Waals surface area contributed by atoms with Crippen LogP contribution in [0.25, 0.3) is 0 Å². The number of amides is 2. The van der Waals surface area contributed by atoms with Crippen LogP contribution in [0.15, 0.2) is 42.5 Å². The molecule has 4 nitrogen and oxygen atoms in total. The second kappa shape index (κ2) is 7.51. The van der Waals surface area contributed by atoms with E-state index in [4.69, 9.17) is 0 Å². The van der Waals surface area contributed by atoms with E-state index in [2.05, 4.69) is 5.32 Å². The first-order valence-corrected chi connectivity index (χ1v) is 8.82. The molecule has 0 spiro atoms. The minimum Gasteiger partial charge on any atom is -0.339 e. The zero-order chi connectivity index (χ0) is 17.8. The zero-order valence-corrected chi connectivity index (χ0v) is 14.8. The van der Waals surface area contributed by atoms with Gasteiger partial charge in [-0.15, -0.1) is 0 Å². The van der Waals surface area contributed by atoms with Crippen LogP contribution in [-0.4, -0.2) is 29.8 Å². The summed E-state index contributed by atoms with van der Waals surface area (Å²) in [6.45, 7) is 5.71. The Morgan fingerprint density at radius 3 is 2.12 bits per heavy atom. The van der Waals surface area contributed by atoms with Crippen LogP contribution in [-0.2, 0) is 0 Å². The Bertz CT molecular complexity index is 775. The van der Waals surface area contributed by atoms with Gasteiger partial charge >= 0.3 is 0 Å². The zero-order valence-electron chi connectivity index (χ0n) is 14.8. The van der Waals surface area contributed by atoms with Gasteiger partial charge in [-0.25, -0.2) is 0 Å². The van der Waals surface area contributed by atoms with Gasteiger partial charge in [-0.3, -0.25) is 9.59 Å². The van der Waals surface area contributed by atoms with Gasteiger partial charge in [-0.2, -0.15) is 0 Å². The molecule has 0 unspecified atom stereocenters. The summed E-state index contributed by atoms with van der Waals surface area (Å²) in [6.07, 6.45) is 3.34. The van der Waals surface area contributed by atoms with Crippen molar-refractivity contribution in [2.45, 2.75) is 33.1 Å². The van der Waals surface area contributed by atoms with Gasteiger partial charge in [0.1, 0.15) is 0 Å². The minimum atomic E-state index is -0.166. The number of carbonyl (C=O) groups excluding carboxylic acids is 2. The normalized spacial score (nSPS) is 14.2. The Hall–Kier alpha value is -2.62. The first-order valence-electron chi connectivity index (χ1n) is 8.82. The van der Waals surface area contributed by atoms with Gasteiger partial charge in [0.15, 0.2) is 0 Å². The number of anilines is 1. The number of likely N-dealkylation sites (tertiary alicyclic amines) is 1. The van der Waals surface area contributed by atoms with Crippen LogP contribution in [0.4, 0.5) is 5.69 Å². The predicted molar refractivity (Wildman–Crippen MR) is 100 cm³/mol. The number of rotatable bonds is 3. The molecule has 0 atom stereocenters. The van der Waals surface area contributed by atoms with E-state index in [1.54, 1.807) is 24.3 Å². The highest BCUT2D eigenvalue weighted by molar-refractivity contribution is 6.05. The van der Waals surface area contributed by atoms with Crippen molar-refractivity contribution in [1.82, 2.24) is 4.90 Å². The molecule has 0 bridgehead atoms. The second-order valence-electron chi connectivity index (χ2n) is 6.68. The summed E-state index contributed by atoms with van der Waals surface area (Å²) >= 11 is 0. The largest absolute Gasteiger partial charge is 0.339 e. The van der Waals surface area contributed by atoms with Gasteiger partial charge in [-0.05, 0) is 80.6 Å². The molecular formula is C21H24N2O2. The van der Waals surface area contributed by atoms with Crippen molar-refractivity contribution >= 4 is 17.5 Å². The number of carbonyl (C=O) groups is 2. The predicted octanol–water partition coefficient (Wildman–Crippen LogP) is 4.18. The maximum Gasteiger partial charge on any atom is 0.255 e. The highest BCUT2D eigenvalue weighted by Gasteiger charge is 2.18. The van der Waals surface area contributed by atoms with Crippen LogP contribution in [0, 0.1) is 13.8 Å². The van der Waals surface area contributed by atoms with Gasteiger partial charge in [0.2, 0.25) is 0 Å². The quantitative estimate of drug-likeness (QED) is 0.914. The van der Waals surface area contributed by atoms with E-state index >= 15 is 0 Å².